The highest BCUT2D eigenvalue weighted by molar-refractivity contribution is 6.01. The summed E-state index contributed by atoms with van der Waals surface area (Å²) in [7, 11) is 0. The third kappa shape index (κ3) is 1.94. The van der Waals surface area contributed by atoms with Gasteiger partial charge in [0.25, 0.3) is 0 Å². The van der Waals surface area contributed by atoms with Crippen LogP contribution in [0.3, 0.4) is 0 Å². The maximum atomic E-state index is 12.1. The molecule has 1 aliphatic rings. The molecule has 1 aromatic heterocycles. The summed E-state index contributed by atoms with van der Waals surface area (Å²) >= 11 is 0. The van der Waals surface area contributed by atoms with E-state index in [2.05, 4.69) is 4.98 Å². The summed E-state index contributed by atoms with van der Waals surface area (Å²) in [6, 6.07) is 9.69. The van der Waals surface area contributed by atoms with E-state index in [4.69, 9.17) is 4.74 Å². The Hall–Kier alpha value is -1.74. The molecule has 2 aromatic rings. The van der Waals surface area contributed by atoms with Crippen molar-refractivity contribution in [3.05, 3.63) is 42.1 Å². The molecule has 17 heavy (non-hydrogen) atoms. The first-order valence-corrected chi connectivity index (χ1v) is 5.85. The molecule has 0 saturated carbocycles. The van der Waals surface area contributed by atoms with Crippen LogP contribution in [0.5, 0.6) is 0 Å². The smallest absolute Gasteiger partial charge is 0.193 e. The Balaban J connectivity index is 1.97. The minimum Gasteiger partial charge on any atom is -0.370 e. The van der Waals surface area contributed by atoms with Gasteiger partial charge in [0, 0.05) is 23.8 Å². The molecule has 1 aliphatic heterocycles. The molecule has 3 heteroatoms. The van der Waals surface area contributed by atoms with Crippen LogP contribution in [0.4, 0.5) is 0 Å². The van der Waals surface area contributed by atoms with E-state index < -0.39 is 0 Å². The van der Waals surface area contributed by atoms with Crippen LogP contribution >= 0.6 is 0 Å². The second-order valence-electron chi connectivity index (χ2n) is 4.28. The molecule has 1 unspecified atom stereocenters. The van der Waals surface area contributed by atoms with Gasteiger partial charge in [-0.2, -0.15) is 0 Å². The summed E-state index contributed by atoms with van der Waals surface area (Å²) < 4.78 is 5.40. The first kappa shape index (κ1) is 10.4. The Kier molecular flexibility index (Phi) is 2.61. The van der Waals surface area contributed by atoms with Gasteiger partial charge in [0.2, 0.25) is 0 Å². The van der Waals surface area contributed by atoms with Gasteiger partial charge in [0.15, 0.2) is 5.78 Å². The van der Waals surface area contributed by atoms with E-state index in [9.17, 15) is 4.79 Å². The minimum absolute atomic E-state index is 0.0563. The number of Topliss-reactive ketones (excluding diaryl/α,β-unsaturated/α-hetero) is 1. The Morgan fingerprint density at radius 3 is 3.06 bits per heavy atom. The summed E-state index contributed by atoms with van der Waals surface area (Å²) in [4.78, 5) is 16.4. The van der Waals surface area contributed by atoms with Gasteiger partial charge < -0.3 is 4.74 Å². The van der Waals surface area contributed by atoms with Crippen LogP contribution in [0, 0.1) is 0 Å². The van der Waals surface area contributed by atoms with Gasteiger partial charge >= 0.3 is 0 Å². The highest BCUT2D eigenvalue weighted by Gasteiger charge is 2.24. The second-order valence-corrected chi connectivity index (χ2v) is 4.28. The average Bonchev–Trinajstić information content (AvgIpc) is 2.91. The molecule has 0 amide bonds. The van der Waals surface area contributed by atoms with Crippen molar-refractivity contribution >= 4 is 16.7 Å². The number of hydrogen-bond donors (Lipinski definition) is 0. The number of aromatic nitrogens is 1. The maximum Gasteiger partial charge on any atom is 0.193 e. The van der Waals surface area contributed by atoms with E-state index in [1.807, 2.05) is 30.3 Å². The first-order valence-electron chi connectivity index (χ1n) is 5.85. The predicted molar refractivity (Wildman–Crippen MR) is 65.0 cm³/mol. The molecule has 3 rings (SSSR count). The van der Waals surface area contributed by atoms with E-state index in [0.29, 0.717) is 12.2 Å². The first-order chi connectivity index (χ1) is 8.34. The lowest BCUT2D eigenvalue weighted by Crippen LogP contribution is -2.19. The lowest BCUT2D eigenvalue weighted by Gasteiger charge is -2.08. The number of carbonyl (C=O) groups is 1. The fourth-order valence-corrected chi connectivity index (χ4v) is 2.18. The molecule has 0 N–H and O–H groups in total. The Morgan fingerprint density at radius 1 is 1.35 bits per heavy atom. The summed E-state index contributed by atoms with van der Waals surface area (Å²) in [5, 5.41) is 0.997. The molecular weight excluding hydrogens is 214 g/mol. The molecule has 2 heterocycles. The molecule has 86 valence electrons. The van der Waals surface area contributed by atoms with Gasteiger partial charge in [-0.3, -0.25) is 9.78 Å². The number of rotatable bonds is 2. The Labute approximate surface area is 99.4 Å². The number of hydrogen-bond acceptors (Lipinski definition) is 3. The fraction of sp³-hybridized carbons (Fsp3) is 0.286. The number of ketones is 1. The van der Waals surface area contributed by atoms with Gasteiger partial charge in [-0.15, -0.1) is 0 Å². The van der Waals surface area contributed by atoms with Crippen molar-refractivity contribution in [3.63, 3.8) is 0 Å². The van der Waals surface area contributed by atoms with Crippen LogP contribution in [0.1, 0.15) is 23.2 Å². The summed E-state index contributed by atoms with van der Waals surface area (Å²) in [5.41, 5.74) is 1.56. The largest absolute Gasteiger partial charge is 0.370 e. The number of nitrogens with zero attached hydrogens (tertiary/aromatic N) is 1. The van der Waals surface area contributed by atoms with E-state index in [-0.39, 0.29) is 11.9 Å². The molecule has 0 spiro atoms. The normalized spacial score (nSPS) is 19.6. The fourth-order valence-electron chi connectivity index (χ4n) is 2.18. The molecule has 3 nitrogen and oxygen atoms in total. The summed E-state index contributed by atoms with van der Waals surface area (Å²) in [5.74, 6) is 0.0563. The quantitative estimate of drug-likeness (QED) is 0.740. The van der Waals surface area contributed by atoms with E-state index in [1.54, 1.807) is 6.20 Å². The zero-order chi connectivity index (χ0) is 11.7. The van der Waals surface area contributed by atoms with Crippen LogP contribution in [0.2, 0.25) is 0 Å². The van der Waals surface area contributed by atoms with Crippen LogP contribution in [0.15, 0.2) is 36.5 Å². The van der Waals surface area contributed by atoms with Crippen molar-refractivity contribution in [2.75, 3.05) is 6.61 Å². The monoisotopic (exact) mass is 227 g/mol. The zero-order valence-corrected chi connectivity index (χ0v) is 9.43. The number of carbonyl (C=O) groups excluding carboxylic acids is 1. The average molecular weight is 227 g/mol. The number of ether oxygens (including phenoxy) is 1. The summed E-state index contributed by atoms with van der Waals surface area (Å²) in [6.07, 6.45) is 3.17. The molecule has 0 bridgehead atoms. The Bertz CT molecular complexity index is 559. The maximum absolute atomic E-state index is 12.1. The SMILES string of the molecule is O=C(c1cnc2ccccc2c1)C1CCCO1. The van der Waals surface area contributed by atoms with Crippen LogP contribution in [-0.4, -0.2) is 23.5 Å². The molecule has 1 saturated heterocycles. The zero-order valence-electron chi connectivity index (χ0n) is 9.43. The summed E-state index contributed by atoms with van der Waals surface area (Å²) in [6.45, 7) is 0.692. The number of pyridine rings is 1. The molecule has 1 atom stereocenters. The van der Waals surface area contributed by atoms with Crippen LogP contribution < -0.4 is 0 Å². The standard InChI is InChI=1S/C14H13NO2/c16-14(13-6-3-7-17-13)11-8-10-4-1-2-5-12(10)15-9-11/h1-2,4-5,8-9,13H,3,6-7H2. The van der Waals surface area contributed by atoms with Crippen molar-refractivity contribution in [1.29, 1.82) is 0 Å². The highest BCUT2D eigenvalue weighted by atomic mass is 16.5. The number of fused-ring (bicyclic) bond motifs is 1. The van der Waals surface area contributed by atoms with E-state index in [0.717, 1.165) is 23.7 Å². The van der Waals surface area contributed by atoms with Crippen LogP contribution in [-0.2, 0) is 4.74 Å². The van der Waals surface area contributed by atoms with Crippen molar-refractivity contribution in [1.82, 2.24) is 4.98 Å². The van der Waals surface area contributed by atoms with E-state index in [1.165, 1.54) is 0 Å². The van der Waals surface area contributed by atoms with Crippen LogP contribution in [0.25, 0.3) is 10.9 Å². The molecular formula is C14H13NO2. The Morgan fingerprint density at radius 2 is 2.24 bits per heavy atom. The van der Waals surface area contributed by atoms with Crippen molar-refractivity contribution in [3.8, 4) is 0 Å². The lowest BCUT2D eigenvalue weighted by atomic mass is 10.0. The lowest BCUT2D eigenvalue weighted by molar-refractivity contribution is 0.0642. The van der Waals surface area contributed by atoms with Gasteiger partial charge in [-0.25, -0.2) is 0 Å². The highest BCUT2D eigenvalue weighted by Crippen LogP contribution is 2.19. The minimum atomic E-state index is -0.266. The molecule has 1 aromatic carbocycles. The third-order valence-corrected chi connectivity index (χ3v) is 3.10. The molecule has 0 radical (unpaired) electrons. The molecule has 0 aliphatic carbocycles. The predicted octanol–water partition coefficient (Wildman–Crippen LogP) is 2.60. The van der Waals surface area contributed by atoms with Crippen molar-refractivity contribution in [2.45, 2.75) is 18.9 Å². The number of para-hydroxylation sites is 1. The van der Waals surface area contributed by atoms with Gasteiger partial charge in [0.05, 0.1) is 5.52 Å². The second kappa shape index (κ2) is 4.26. The third-order valence-electron chi connectivity index (χ3n) is 3.10. The molecule has 1 fully saturated rings. The van der Waals surface area contributed by atoms with Crippen molar-refractivity contribution in [2.24, 2.45) is 0 Å². The van der Waals surface area contributed by atoms with Gasteiger partial charge in [-0.05, 0) is 25.0 Å². The topological polar surface area (TPSA) is 39.2 Å². The van der Waals surface area contributed by atoms with Gasteiger partial charge in [-0.1, -0.05) is 18.2 Å². The van der Waals surface area contributed by atoms with Gasteiger partial charge in [0.1, 0.15) is 6.10 Å². The van der Waals surface area contributed by atoms with Crippen molar-refractivity contribution < 1.29 is 9.53 Å². The van der Waals surface area contributed by atoms with E-state index >= 15 is 0 Å². The number of benzene rings is 1.